The molecule has 0 radical (unpaired) electrons. The smallest absolute Gasteiger partial charge is 0.326 e. The molecule has 0 rings (SSSR count). The van der Waals surface area contributed by atoms with E-state index >= 15 is 0 Å². The van der Waals surface area contributed by atoms with Gasteiger partial charge in [-0.1, -0.05) is 0 Å². The summed E-state index contributed by atoms with van der Waals surface area (Å²) in [5.74, 6) is -7.20. The number of ketones is 1. The van der Waals surface area contributed by atoms with E-state index in [2.05, 4.69) is 0 Å². The van der Waals surface area contributed by atoms with Crippen LogP contribution in [0.2, 0.25) is 0 Å². The highest BCUT2D eigenvalue weighted by atomic mass is 16.4. The van der Waals surface area contributed by atoms with E-state index in [9.17, 15) is 24.0 Å². The second-order valence-corrected chi connectivity index (χ2v) is 4.35. The molecule has 0 aromatic rings. The Morgan fingerprint density at radius 1 is 1.14 bits per heavy atom. The van der Waals surface area contributed by atoms with E-state index in [0.29, 0.717) is 0 Å². The van der Waals surface area contributed by atoms with E-state index < -0.39 is 54.0 Å². The summed E-state index contributed by atoms with van der Waals surface area (Å²) in [4.78, 5) is 55.3. The summed E-state index contributed by atoms with van der Waals surface area (Å²) in [7, 11) is 0. The minimum atomic E-state index is -1.65. The number of primary amides is 1. The molecule has 10 heteroatoms. The van der Waals surface area contributed by atoms with Crippen LogP contribution in [-0.4, -0.2) is 51.8 Å². The summed E-state index contributed by atoms with van der Waals surface area (Å²) in [6.07, 6.45) is -0.858. The second-order valence-electron chi connectivity index (χ2n) is 4.35. The molecule has 0 bridgehead atoms. The van der Waals surface area contributed by atoms with Crippen LogP contribution in [0.15, 0.2) is 0 Å². The number of carboxylic acids is 2. The summed E-state index contributed by atoms with van der Waals surface area (Å²) >= 11 is 0. The Hall–Kier alpha value is -2.49. The van der Waals surface area contributed by atoms with E-state index in [1.54, 1.807) is 0 Å². The fraction of sp³-hybridized carbons (Fsp3) is 0.545. The third-order valence-corrected chi connectivity index (χ3v) is 2.67. The molecule has 0 aromatic carbocycles. The number of hydrogen-bond donors (Lipinski definition) is 5. The van der Waals surface area contributed by atoms with Gasteiger partial charge in [0.25, 0.3) is 0 Å². The number of amides is 2. The van der Waals surface area contributed by atoms with Gasteiger partial charge >= 0.3 is 11.9 Å². The Bertz CT molecular complexity index is 449. The van der Waals surface area contributed by atoms with Gasteiger partial charge in [0.2, 0.25) is 11.8 Å². The molecule has 0 aliphatic carbocycles. The van der Waals surface area contributed by atoms with Crippen molar-refractivity contribution in [3.63, 3.8) is 0 Å². The molecule has 0 saturated heterocycles. The number of aliphatic carboxylic acids is 2. The number of carbonyl (C=O) groups excluding carboxylic acids is 3. The van der Waals surface area contributed by atoms with Gasteiger partial charge in [-0.2, -0.15) is 0 Å². The molecule has 0 heterocycles. The van der Waals surface area contributed by atoms with Crippen molar-refractivity contribution in [3.05, 3.63) is 0 Å². The largest absolute Gasteiger partial charge is 0.481 e. The standard InChI is InChI=1S/C11H17N3O7/c1-4(15)7(9(13)18)8(12)10(19)14-5(11(20)21)2-3-6(16)17/h5,7-8H,2-3,12H2,1H3,(H2,13,18)(H,14,19)(H,16,17)(H,20,21)/t5-,7?,8-/m0/s1. The van der Waals surface area contributed by atoms with Crippen molar-refractivity contribution < 1.29 is 34.2 Å². The first kappa shape index (κ1) is 18.5. The zero-order valence-corrected chi connectivity index (χ0v) is 11.2. The summed E-state index contributed by atoms with van der Waals surface area (Å²) < 4.78 is 0. The molecule has 3 atom stereocenters. The van der Waals surface area contributed by atoms with Crippen LogP contribution in [0.25, 0.3) is 0 Å². The zero-order chi connectivity index (χ0) is 16.7. The van der Waals surface area contributed by atoms with E-state index in [4.69, 9.17) is 21.7 Å². The van der Waals surface area contributed by atoms with Crippen molar-refractivity contribution in [1.29, 1.82) is 0 Å². The van der Waals surface area contributed by atoms with Gasteiger partial charge in [0, 0.05) is 6.42 Å². The van der Waals surface area contributed by atoms with E-state index in [-0.39, 0.29) is 6.42 Å². The number of nitrogens with two attached hydrogens (primary N) is 2. The molecular formula is C11H17N3O7. The molecule has 0 aliphatic heterocycles. The lowest BCUT2D eigenvalue weighted by Crippen LogP contribution is -2.55. The second kappa shape index (κ2) is 7.94. The number of nitrogens with one attached hydrogen (secondary N) is 1. The zero-order valence-electron chi connectivity index (χ0n) is 11.2. The van der Waals surface area contributed by atoms with Gasteiger partial charge in [0.15, 0.2) is 0 Å². The quantitative estimate of drug-likeness (QED) is 0.287. The fourth-order valence-electron chi connectivity index (χ4n) is 1.57. The van der Waals surface area contributed by atoms with Crippen molar-refractivity contribution in [1.82, 2.24) is 5.32 Å². The van der Waals surface area contributed by atoms with Gasteiger partial charge in [0.1, 0.15) is 23.8 Å². The highest BCUT2D eigenvalue weighted by molar-refractivity contribution is 6.05. The summed E-state index contributed by atoms with van der Waals surface area (Å²) in [5, 5.41) is 19.3. The summed E-state index contributed by atoms with van der Waals surface area (Å²) in [6.45, 7) is 1.02. The first-order valence-corrected chi connectivity index (χ1v) is 5.88. The number of hydrogen-bond acceptors (Lipinski definition) is 6. The molecule has 21 heavy (non-hydrogen) atoms. The monoisotopic (exact) mass is 303 g/mol. The van der Waals surface area contributed by atoms with Crippen LogP contribution >= 0.6 is 0 Å². The molecule has 10 nitrogen and oxygen atoms in total. The number of rotatable bonds is 9. The van der Waals surface area contributed by atoms with Crippen molar-refractivity contribution >= 4 is 29.5 Å². The highest BCUT2D eigenvalue weighted by Crippen LogP contribution is 2.05. The van der Waals surface area contributed by atoms with E-state index in [0.717, 1.165) is 6.92 Å². The molecule has 0 saturated carbocycles. The van der Waals surface area contributed by atoms with Crippen LogP contribution < -0.4 is 16.8 Å². The van der Waals surface area contributed by atoms with Crippen molar-refractivity contribution in [2.75, 3.05) is 0 Å². The van der Waals surface area contributed by atoms with Gasteiger partial charge in [-0.15, -0.1) is 0 Å². The average Bonchev–Trinajstić information content (AvgIpc) is 2.32. The molecule has 7 N–H and O–H groups in total. The van der Waals surface area contributed by atoms with Gasteiger partial charge in [0.05, 0.1) is 0 Å². The Kier molecular flexibility index (Phi) is 7.00. The van der Waals surface area contributed by atoms with Crippen molar-refractivity contribution in [3.8, 4) is 0 Å². The van der Waals surface area contributed by atoms with Gasteiger partial charge in [-0.3, -0.25) is 19.2 Å². The van der Waals surface area contributed by atoms with Crippen LogP contribution in [-0.2, 0) is 24.0 Å². The highest BCUT2D eigenvalue weighted by Gasteiger charge is 2.34. The number of carbonyl (C=O) groups is 5. The lowest BCUT2D eigenvalue weighted by Gasteiger charge is -2.20. The minimum absolute atomic E-state index is 0.371. The van der Waals surface area contributed by atoms with Gasteiger partial charge in [-0.25, -0.2) is 4.79 Å². The van der Waals surface area contributed by atoms with Gasteiger partial charge < -0.3 is 27.0 Å². The summed E-state index contributed by atoms with van der Waals surface area (Å²) in [5.41, 5.74) is 10.4. The molecule has 2 amide bonds. The predicted molar refractivity (Wildman–Crippen MR) is 67.8 cm³/mol. The maximum Gasteiger partial charge on any atom is 0.326 e. The van der Waals surface area contributed by atoms with Crippen LogP contribution in [0.5, 0.6) is 0 Å². The fourth-order valence-corrected chi connectivity index (χ4v) is 1.57. The normalized spacial score (nSPS) is 14.6. The molecule has 0 aliphatic rings. The Morgan fingerprint density at radius 3 is 2.00 bits per heavy atom. The average molecular weight is 303 g/mol. The van der Waals surface area contributed by atoms with E-state index in [1.165, 1.54) is 0 Å². The minimum Gasteiger partial charge on any atom is -0.481 e. The van der Waals surface area contributed by atoms with Crippen LogP contribution in [0, 0.1) is 5.92 Å². The number of Topliss-reactive ketones (excluding diaryl/α,β-unsaturated/α-hetero) is 1. The first-order chi connectivity index (χ1) is 9.57. The van der Waals surface area contributed by atoms with Gasteiger partial charge in [-0.05, 0) is 13.3 Å². The lowest BCUT2D eigenvalue weighted by molar-refractivity contribution is -0.143. The third kappa shape index (κ3) is 5.99. The predicted octanol–water partition coefficient (Wildman–Crippen LogP) is -2.56. The SMILES string of the molecule is CC(=O)C(C(N)=O)[C@H](N)C(=O)N[C@@H](CCC(=O)O)C(=O)O. The van der Waals surface area contributed by atoms with E-state index in [1.807, 2.05) is 5.32 Å². The molecule has 0 spiro atoms. The lowest BCUT2D eigenvalue weighted by atomic mass is 9.94. The van der Waals surface area contributed by atoms with Crippen molar-refractivity contribution in [2.24, 2.45) is 17.4 Å². The maximum absolute atomic E-state index is 11.7. The molecular weight excluding hydrogens is 286 g/mol. The van der Waals surface area contributed by atoms with Crippen molar-refractivity contribution in [2.45, 2.75) is 31.8 Å². The van der Waals surface area contributed by atoms with Crippen LogP contribution in [0.4, 0.5) is 0 Å². The molecule has 0 fully saturated rings. The summed E-state index contributed by atoms with van der Waals surface area (Å²) in [6, 6.07) is -3.15. The topological polar surface area (TPSA) is 190 Å². The maximum atomic E-state index is 11.7. The molecule has 1 unspecified atom stereocenters. The molecule has 0 aromatic heterocycles. The Balaban J connectivity index is 4.89. The van der Waals surface area contributed by atoms with Crippen LogP contribution in [0.1, 0.15) is 19.8 Å². The first-order valence-electron chi connectivity index (χ1n) is 5.88. The molecule has 118 valence electrons. The Morgan fingerprint density at radius 2 is 1.67 bits per heavy atom. The van der Waals surface area contributed by atoms with Crippen LogP contribution in [0.3, 0.4) is 0 Å². The third-order valence-electron chi connectivity index (χ3n) is 2.67. The Labute approximate surface area is 119 Å². The number of carboxylic acid groups (broad SMARTS) is 2.